The molecule has 92 valence electrons. The van der Waals surface area contributed by atoms with Crippen LogP contribution in [0.5, 0.6) is 0 Å². The number of nitrogens with one attached hydrogen (secondary N) is 1. The van der Waals surface area contributed by atoms with Gasteiger partial charge in [-0.15, -0.1) is 11.8 Å². The topological polar surface area (TPSA) is 15.3 Å². The highest BCUT2D eigenvalue weighted by atomic mass is 79.9. The number of thioether (sulfide) groups is 1. The Kier molecular flexibility index (Phi) is 3.75. The van der Waals surface area contributed by atoms with Gasteiger partial charge in [0.15, 0.2) is 0 Å². The van der Waals surface area contributed by atoms with E-state index in [1.807, 2.05) is 0 Å². The van der Waals surface area contributed by atoms with Crippen LogP contribution in [0.25, 0.3) is 0 Å². The van der Waals surface area contributed by atoms with Crippen molar-refractivity contribution in [2.75, 3.05) is 32.7 Å². The van der Waals surface area contributed by atoms with E-state index in [0.29, 0.717) is 0 Å². The summed E-state index contributed by atoms with van der Waals surface area (Å²) >= 11 is 5.71. The molecule has 0 aromatic heterocycles. The van der Waals surface area contributed by atoms with E-state index in [1.54, 1.807) is 0 Å². The average Bonchev–Trinajstić information content (AvgIpc) is 2.74. The van der Waals surface area contributed by atoms with Crippen LogP contribution in [0.1, 0.15) is 5.56 Å². The fraction of sp³-hybridized carbons (Fsp3) is 0.538. The summed E-state index contributed by atoms with van der Waals surface area (Å²) in [6, 6.07) is 6.55. The SMILES string of the molecule is Brc1cccc2c1CC(CN1CCNCC1)S2. The summed E-state index contributed by atoms with van der Waals surface area (Å²) in [4.78, 5) is 4.06. The maximum absolute atomic E-state index is 3.66. The maximum Gasteiger partial charge on any atom is 0.0263 e. The maximum atomic E-state index is 3.66. The summed E-state index contributed by atoms with van der Waals surface area (Å²) in [6.45, 7) is 5.93. The Labute approximate surface area is 115 Å². The number of piperazine rings is 1. The molecule has 3 rings (SSSR count). The molecule has 1 N–H and O–H groups in total. The molecule has 2 aliphatic rings. The number of benzene rings is 1. The lowest BCUT2D eigenvalue weighted by molar-refractivity contribution is 0.242. The molecule has 0 aliphatic carbocycles. The molecule has 1 fully saturated rings. The lowest BCUT2D eigenvalue weighted by Gasteiger charge is -2.29. The molecular formula is C13H17BrN2S. The molecule has 2 aliphatic heterocycles. The van der Waals surface area contributed by atoms with E-state index >= 15 is 0 Å². The second-order valence-electron chi connectivity index (χ2n) is 4.71. The number of rotatable bonds is 2. The predicted octanol–water partition coefficient (Wildman–Crippen LogP) is 2.37. The zero-order valence-corrected chi connectivity index (χ0v) is 12.2. The standard InChI is InChI=1S/C13H17BrN2S/c14-12-2-1-3-13-11(12)8-10(17-13)9-16-6-4-15-5-7-16/h1-3,10,15H,4-9H2. The predicted molar refractivity (Wildman–Crippen MR) is 76.8 cm³/mol. The smallest absolute Gasteiger partial charge is 0.0263 e. The van der Waals surface area contributed by atoms with Crippen LogP contribution in [0.2, 0.25) is 0 Å². The minimum atomic E-state index is 0.738. The molecule has 1 aromatic carbocycles. The van der Waals surface area contributed by atoms with Crippen molar-refractivity contribution in [2.24, 2.45) is 0 Å². The van der Waals surface area contributed by atoms with Crippen molar-refractivity contribution in [3.8, 4) is 0 Å². The summed E-state index contributed by atoms with van der Waals surface area (Å²) in [7, 11) is 0. The Morgan fingerprint density at radius 2 is 2.18 bits per heavy atom. The Balaban J connectivity index is 1.63. The quantitative estimate of drug-likeness (QED) is 0.902. The molecule has 0 spiro atoms. The zero-order chi connectivity index (χ0) is 11.7. The molecule has 1 unspecified atom stereocenters. The van der Waals surface area contributed by atoms with Gasteiger partial charge in [0.1, 0.15) is 0 Å². The Morgan fingerprint density at radius 1 is 1.35 bits per heavy atom. The van der Waals surface area contributed by atoms with Crippen LogP contribution in [0, 0.1) is 0 Å². The largest absolute Gasteiger partial charge is 0.314 e. The van der Waals surface area contributed by atoms with E-state index in [1.165, 1.54) is 41.0 Å². The van der Waals surface area contributed by atoms with Gasteiger partial charge in [0.2, 0.25) is 0 Å². The van der Waals surface area contributed by atoms with Crippen molar-refractivity contribution in [2.45, 2.75) is 16.6 Å². The third-order valence-corrected chi connectivity index (χ3v) is 5.50. The van der Waals surface area contributed by atoms with E-state index in [4.69, 9.17) is 0 Å². The van der Waals surface area contributed by atoms with E-state index in [0.717, 1.165) is 18.3 Å². The summed E-state index contributed by atoms with van der Waals surface area (Å²) in [5.41, 5.74) is 1.51. The van der Waals surface area contributed by atoms with E-state index in [2.05, 4.69) is 56.1 Å². The fourth-order valence-electron chi connectivity index (χ4n) is 2.58. The lowest BCUT2D eigenvalue weighted by atomic mass is 10.1. The first-order valence-corrected chi connectivity index (χ1v) is 7.87. The number of halogens is 1. The fourth-order valence-corrected chi connectivity index (χ4v) is 4.63. The van der Waals surface area contributed by atoms with Gasteiger partial charge in [-0.2, -0.15) is 0 Å². The van der Waals surface area contributed by atoms with Gasteiger partial charge in [-0.25, -0.2) is 0 Å². The summed E-state index contributed by atoms with van der Waals surface area (Å²) < 4.78 is 1.28. The van der Waals surface area contributed by atoms with Crippen LogP contribution in [-0.4, -0.2) is 42.9 Å². The highest BCUT2D eigenvalue weighted by molar-refractivity contribution is 9.10. The molecule has 17 heavy (non-hydrogen) atoms. The first kappa shape index (κ1) is 12.0. The molecule has 1 atom stereocenters. The first-order valence-electron chi connectivity index (χ1n) is 6.20. The third-order valence-electron chi connectivity index (χ3n) is 3.47. The van der Waals surface area contributed by atoms with Gasteiger partial charge in [-0.3, -0.25) is 4.90 Å². The number of hydrogen-bond acceptors (Lipinski definition) is 3. The van der Waals surface area contributed by atoms with Crippen LogP contribution >= 0.6 is 27.7 Å². The normalized spacial score (nSPS) is 24.9. The molecule has 1 saturated heterocycles. The summed E-state index contributed by atoms with van der Waals surface area (Å²) in [5.74, 6) is 0. The van der Waals surface area contributed by atoms with Gasteiger partial charge in [0, 0.05) is 47.3 Å². The van der Waals surface area contributed by atoms with Crippen molar-refractivity contribution in [3.63, 3.8) is 0 Å². The first-order chi connectivity index (χ1) is 8.33. The van der Waals surface area contributed by atoms with Crippen molar-refractivity contribution < 1.29 is 0 Å². The third kappa shape index (κ3) is 2.70. The molecule has 2 nitrogen and oxygen atoms in total. The van der Waals surface area contributed by atoms with Crippen LogP contribution in [-0.2, 0) is 6.42 Å². The van der Waals surface area contributed by atoms with Crippen molar-refractivity contribution in [1.29, 1.82) is 0 Å². The average molecular weight is 313 g/mol. The van der Waals surface area contributed by atoms with E-state index < -0.39 is 0 Å². The molecule has 1 aromatic rings. The van der Waals surface area contributed by atoms with Crippen LogP contribution in [0.4, 0.5) is 0 Å². The second kappa shape index (κ2) is 5.31. The van der Waals surface area contributed by atoms with Crippen LogP contribution in [0.3, 0.4) is 0 Å². The molecule has 0 amide bonds. The number of nitrogens with zero attached hydrogens (tertiary/aromatic N) is 1. The minimum absolute atomic E-state index is 0.738. The van der Waals surface area contributed by atoms with E-state index in [9.17, 15) is 0 Å². The lowest BCUT2D eigenvalue weighted by Crippen LogP contribution is -2.45. The summed E-state index contributed by atoms with van der Waals surface area (Å²) in [6.07, 6.45) is 1.21. The van der Waals surface area contributed by atoms with Gasteiger partial charge in [-0.1, -0.05) is 22.0 Å². The van der Waals surface area contributed by atoms with E-state index in [-0.39, 0.29) is 0 Å². The molecule has 0 bridgehead atoms. The molecule has 2 heterocycles. The Morgan fingerprint density at radius 3 is 2.94 bits per heavy atom. The van der Waals surface area contributed by atoms with Gasteiger partial charge >= 0.3 is 0 Å². The van der Waals surface area contributed by atoms with Crippen molar-refractivity contribution >= 4 is 27.7 Å². The molecule has 0 saturated carbocycles. The van der Waals surface area contributed by atoms with Gasteiger partial charge in [0.25, 0.3) is 0 Å². The Bertz CT molecular complexity index is 404. The van der Waals surface area contributed by atoms with Crippen LogP contribution < -0.4 is 5.32 Å². The zero-order valence-electron chi connectivity index (χ0n) is 9.79. The van der Waals surface area contributed by atoms with Gasteiger partial charge < -0.3 is 5.32 Å². The second-order valence-corrected chi connectivity index (χ2v) is 6.91. The highest BCUT2D eigenvalue weighted by Gasteiger charge is 2.26. The number of hydrogen-bond donors (Lipinski definition) is 1. The van der Waals surface area contributed by atoms with Crippen molar-refractivity contribution in [1.82, 2.24) is 10.2 Å². The Hall–Kier alpha value is -0.0300. The number of fused-ring (bicyclic) bond motifs is 1. The molecule has 0 radical (unpaired) electrons. The monoisotopic (exact) mass is 312 g/mol. The highest BCUT2D eigenvalue weighted by Crippen LogP contribution is 2.40. The van der Waals surface area contributed by atoms with Gasteiger partial charge in [-0.05, 0) is 24.1 Å². The summed E-state index contributed by atoms with van der Waals surface area (Å²) in [5, 5.41) is 4.15. The van der Waals surface area contributed by atoms with Crippen LogP contribution in [0.15, 0.2) is 27.6 Å². The van der Waals surface area contributed by atoms with Crippen molar-refractivity contribution in [3.05, 3.63) is 28.2 Å². The molecular weight excluding hydrogens is 296 g/mol. The minimum Gasteiger partial charge on any atom is -0.314 e. The molecule has 4 heteroatoms. The van der Waals surface area contributed by atoms with Gasteiger partial charge in [0.05, 0.1) is 0 Å².